The Morgan fingerprint density at radius 1 is 1.25 bits per heavy atom. The van der Waals surface area contributed by atoms with Crippen molar-refractivity contribution in [2.45, 2.75) is 53.0 Å². The largest absolute Gasteiger partial charge is 0.314 e. The van der Waals surface area contributed by atoms with Gasteiger partial charge in [0.15, 0.2) is 0 Å². The molecule has 2 nitrogen and oxygen atoms in total. The van der Waals surface area contributed by atoms with Crippen LogP contribution < -0.4 is 5.32 Å². The first-order valence-electron chi connectivity index (χ1n) is 7.07. The van der Waals surface area contributed by atoms with Crippen LogP contribution in [0.15, 0.2) is 0 Å². The lowest BCUT2D eigenvalue weighted by Crippen LogP contribution is -2.36. The molecule has 96 valence electrons. The van der Waals surface area contributed by atoms with Crippen LogP contribution in [0.4, 0.5) is 0 Å². The maximum atomic E-state index is 3.53. The van der Waals surface area contributed by atoms with Gasteiger partial charge in [0.1, 0.15) is 0 Å². The van der Waals surface area contributed by atoms with Gasteiger partial charge in [-0.15, -0.1) is 0 Å². The molecule has 0 radical (unpaired) electrons. The molecule has 0 saturated heterocycles. The number of hydrogen-bond donors (Lipinski definition) is 1. The second-order valence-electron chi connectivity index (χ2n) is 5.87. The summed E-state index contributed by atoms with van der Waals surface area (Å²) in [5.41, 5.74) is 0. The van der Waals surface area contributed by atoms with Crippen LogP contribution in [0.2, 0.25) is 0 Å². The molecule has 0 aromatic rings. The van der Waals surface area contributed by atoms with E-state index in [-0.39, 0.29) is 0 Å². The summed E-state index contributed by atoms with van der Waals surface area (Å²) in [6.07, 6.45) is 4.23. The van der Waals surface area contributed by atoms with Gasteiger partial charge in [-0.2, -0.15) is 0 Å². The topological polar surface area (TPSA) is 15.3 Å². The highest BCUT2D eigenvalue weighted by Crippen LogP contribution is 2.29. The zero-order valence-electron chi connectivity index (χ0n) is 11.6. The van der Waals surface area contributed by atoms with Crippen LogP contribution in [-0.4, -0.2) is 37.1 Å². The van der Waals surface area contributed by atoms with Gasteiger partial charge in [-0.3, -0.25) is 0 Å². The van der Waals surface area contributed by atoms with E-state index in [4.69, 9.17) is 0 Å². The van der Waals surface area contributed by atoms with Gasteiger partial charge in [0.2, 0.25) is 0 Å². The molecule has 2 heteroatoms. The zero-order valence-corrected chi connectivity index (χ0v) is 11.6. The summed E-state index contributed by atoms with van der Waals surface area (Å²) in [6.45, 7) is 14.2. The molecular formula is C14H30N2. The quantitative estimate of drug-likeness (QED) is 0.650. The fourth-order valence-corrected chi connectivity index (χ4v) is 2.18. The highest BCUT2D eigenvalue weighted by Gasteiger charge is 2.24. The molecule has 1 rings (SSSR count). The molecule has 1 atom stereocenters. The second-order valence-corrected chi connectivity index (χ2v) is 5.87. The first-order chi connectivity index (χ1) is 7.61. The van der Waals surface area contributed by atoms with Crippen molar-refractivity contribution in [3.8, 4) is 0 Å². The maximum absolute atomic E-state index is 3.53. The molecule has 16 heavy (non-hydrogen) atoms. The van der Waals surface area contributed by atoms with Crippen LogP contribution in [0.1, 0.15) is 47.0 Å². The standard InChI is InChI=1S/C14H30N2/c1-5-8-16(11-14-6-7-14)10-13(4)9-15-12(2)3/h12-15H,5-11H2,1-4H3. The first-order valence-corrected chi connectivity index (χ1v) is 7.07. The monoisotopic (exact) mass is 226 g/mol. The molecule has 0 bridgehead atoms. The average Bonchev–Trinajstić information content (AvgIpc) is 2.99. The van der Waals surface area contributed by atoms with Gasteiger partial charge in [0.25, 0.3) is 0 Å². The summed E-state index contributed by atoms with van der Waals surface area (Å²) in [6, 6.07) is 0.616. The van der Waals surface area contributed by atoms with Gasteiger partial charge in [-0.25, -0.2) is 0 Å². The fourth-order valence-electron chi connectivity index (χ4n) is 2.18. The molecule has 0 aromatic heterocycles. The molecule has 0 spiro atoms. The predicted molar refractivity (Wildman–Crippen MR) is 71.8 cm³/mol. The Kier molecular flexibility index (Phi) is 6.37. The maximum Gasteiger partial charge on any atom is 0.00193 e. The Morgan fingerprint density at radius 3 is 2.44 bits per heavy atom. The number of nitrogens with zero attached hydrogens (tertiary/aromatic N) is 1. The van der Waals surface area contributed by atoms with Crippen molar-refractivity contribution in [3.63, 3.8) is 0 Å². The molecule has 1 aliphatic rings. The van der Waals surface area contributed by atoms with Gasteiger partial charge < -0.3 is 10.2 Å². The summed E-state index contributed by atoms with van der Waals surface area (Å²) in [5.74, 6) is 1.80. The summed E-state index contributed by atoms with van der Waals surface area (Å²) in [4.78, 5) is 2.67. The molecule has 1 N–H and O–H groups in total. The molecular weight excluding hydrogens is 196 g/mol. The van der Waals surface area contributed by atoms with E-state index in [0.29, 0.717) is 6.04 Å². The van der Waals surface area contributed by atoms with Crippen LogP contribution in [0.25, 0.3) is 0 Å². The van der Waals surface area contributed by atoms with Gasteiger partial charge in [-0.05, 0) is 44.2 Å². The smallest absolute Gasteiger partial charge is 0.00193 e. The summed E-state index contributed by atoms with van der Waals surface area (Å²) < 4.78 is 0. The van der Waals surface area contributed by atoms with E-state index in [1.54, 1.807) is 0 Å². The Morgan fingerprint density at radius 2 is 1.94 bits per heavy atom. The van der Waals surface area contributed by atoms with Gasteiger partial charge in [0.05, 0.1) is 0 Å². The van der Waals surface area contributed by atoms with E-state index in [0.717, 1.165) is 18.4 Å². The van der Waals surface area contributed by atoms with Crippen molar-refractivity contribution in [1.29, 1.82) is 0 Å². The Hall–Kier alpha value is -0.0800. The highest BCUT2D eigenvalue weighted by molar-refractivity contribution is 4.78. The summed E-state index contributed by atoms with van der Waals surface area (Å²) >= 11 is 0. The van der Waals surface area contributed by atoms with Gasteiger partial charge in [0, 0.05) is 19.1 Å². The third-order valence-electron chi connectivity index (χ3n) is 3.20. The van der Waals surface area contributed by atoms with Crippen molar-refractivity contribution in [1.82, 2.24) is 10.2 Å². The minimum atomic E-state index is 0.616. The SMILES string of the molecule is CCCN(CC(C)CNC(C)C)CC1CC1. The minimum Gasteiger partial charge on any atom is -0.314 e. The molecule has 1 aliphatic carbocycles. The van der Waals surface area contributed by atoms with Crippen LogP contribution >= 0.6 is 0 Å². The Balaban J connectivity index is 2.17. The molecule has 0 aromatic carbocycles. The third-order valence-corrected chi connectivity index (χ3v) is 3.20. The van der Waals surface area contributed by atoms with Crippen molar-refractivity contribution >= 4 is 0 Å². The summed E-state index contributed by atoms with van der Waals surface area (Å²) in [7, 11) is 0. The van der Waals surface area contributed by atoms with E-state index < -0.39 is 0 Å². The average molecular weight is 226 g/mol. The van der Waals surface area contributed by atoms with E-state index in [2.05, 4.69) is 37.9 Å². The molecule has 0 heterocycles. The first kappa shape index (κ1) is 14.0. The third kappa shape index (κ3) is 6.49. The van der Waals surface area contributed by atoms with E-state index in [1.165, 1.54) is 38.9 Å². The lowest BCUT2D eigenvalue weighted by Gasteiger charge is -2.26. The van der Waals surface area contributed by atoms with Crippen LogP contribution in [0.5, 0.6) is 0 Å². The van der Waals surface area contributed by atoms with E-state index in [1.807, 2.05) is 0 Å². The molecule has 1 unspecified atom stereocenters. The van der Waals surface area contributed by atoms with E-state index >= 15 is 0 Å². The van der Waals surface area contributed by atoms with Crippen molar-refractivity contribution < 1.29 is 0 Å². The fraction of sp³-hybridized carbons (Fsp3) is 1.00. The predicted octanol–water partition coefficient (Wildman–Crippen LogP) is 2.74. The Labute approximate surface area is 102 Å². The number of hydrogen-bond acceptors (Lipinski definition) is 2. The van der Waals surface area contributed by atoms with Crippen LogP contribution in [0.3, 0.4) is 0 Å². The van der Waals surface area contributed by atoms with Crippen LogP contribution in [0, 0.1) is 11.8 Å². The van der Waals surface area contributed by atoms with Crippen molar-refractivity contribution in [3.05, 3.63) is 0 Å². The number of rotatable bonds is 9. The van der Waals surface area contributed by atoms with Crippen molar-refractivity contribution in [2.24, 2.45) is 11.8 Å². The van der Waals surface area contributed by atoms with Gasteiger partial charge >= 0.3 is 0 Å². The van der Waals surface area contributed by atoms with Crippen molar-refractivity contribution in [2.75, 3.05) is 26.2 Å². The molecule has 1 fully saturated rings. The lowest BCUT2D eigenvalue weighted by molar-refractivity contribution is 0.224. The minimum absolute atomic E-state index is 0.616. The summed E-state index contributed by atoms with van der Waals surface area (Å²) in [5, 5.41) is 3.53. The Bertz CT molecular complexity index is 176. The van der Waals surface area contributed by atoms with E-state index in [9.17, 15) is 0 Å². The lowest BCUT2D eigenvalue weighted by atomic mass is 10.1. The number of nitrogens with one attached hydrogen (secondary N) is 1. The molecule has 1 saturated carbocycles. The second kappa shape index (κ2) is 7.29. The zero-order chi connectivity index (χ0) is 12.0. The molecule has 0 amide bonds. The van der Waals surface area contributed by atoms with Crippen LogP contribution in [-0.2, 0) is 0 Å². The van der Waals surface area contributed by atoms with Gasteiger partial charge in [-0.1, -0.05) is 27.7 Å². The normalized spacial score (nSPS) is 18.4. The molecule has 0 aliphatic heterocycles. The highest BCUT2D eigenvalue weighted by atomic mass is 15.1.